The first-order valence-corrected chi connectivity index (χ1v) is 19.8. The van der Waals surface area contributed by atoms with Crippen LogP contribution in [0.2, 0.25) is 0 Å². The number of unbranched alkanes of at least 4 members (excludes halogenated alkanes) is 1. The van der Waals surface area contributed by atoms with Crippen LogP contribution in [-0.4, -0.2) is 69.6 Å². The number of carbonyl (C=O) groups is 1. The average Bonchev–Trinajstić information content (AvgIpc) is 3.45. The van der Waals surface area contributed by atoms with E-state index in [9.17, 15) is 4.79 Å². The van der Waals surface area contributed by atoms with Crippen molar-refractivity contribution in [1.82, 2.24) is 0 Å². The Kier molecular flexibility index (Phi) is 17.4. The molecule has 1 aromatic rings. The van der Waals surface area contributed by atoms with Crippen LogP contribution < -0.4 is 0 Å². The Bertz CT molecular complexity index is 1050. The topological polar surface area (TPSA) is 81.7 Å². The third kappa shape index (κ3) is 13.7. The highest BCUT2D eigenvalue weighted by Gasteiger charge is 2.46. The monoisotopic (exact) mass is 684 g/mol. The molecule has 49 heavy (non-hydrogen) atoms. The van der Waals surface area contributed by atoms with Crippen LogP contribution in [-0.2, 0) is 44.4 Å². The normalized spacial score (nSPS) is 30.0. The summed E-state index contributed by atoms with van der Waals surface area (Å²) in [5, 5.41) is 0. The van der Waals surface area contributed by atoms with E-state index in [1.54, 1.807) is 0 Å². The second-order valence-electron chi connectivity index (χ2n) is 14.5. The summed E-state index contributed by atoms with van der Waals surface area (Å²) in [6.45, 7) is 4.85. The van der Waals surface area contributed by atoms with Gasteiger partial charge >= 0.3 is 5.97 Å². The zero-order chi connectivity index (χ0) is 33.9. The summed E-state index contributed by atoms with van der Waals surface area (Å²) in [6.07, 6.45) is 22.7. The summed E-state index contributed by atoms with van der Waals surface area (Å²) in [5.74, 6) is 0.508. The predicted molar refractivity (Wildman–Crippen MR) is 190 cm³/mol. The van der Waals surface area contributed by atoms with Gasteiger partial charge in [0.25, 0.3) is 0 Å². The largest absolute Gasteiger partial charge is 0.466 e. The molecule has 0 aromatic heterocycles. The third-order valence-corrected chi connectivity index (χ3v) is 10.6. The highest BCUT2D eigenvalue weighted by molar-refractivity contribution is 5.69. The van der Waals surface area contributed by atoms with Gasteiger partial charge in [-0.05, 0) is 127 Å². The second-order valence-corrected chi connectivity index (χ2v) is 14.5. The molecule has 5 rings (SSSR count). The lowest BCUT2D eigenvalue weighted by molar-refractivity contribution is -0.205. The number of hydrogen-bond donors (Lipinski definition) is 0. The number of aryl methyl sites for hydroxylation is 1. The van der Waals surface area contributed by atoms with Crippen molar-refractivity contribution >= 4 is 5.97 Å². The van der Waals surface area contributed by atoms with Gasteiger partial charge in [-0.15, -0.1) is 0 Å². The van der Waals surface area contributed by atoms with Crippen LogP contribution in [0.15, 0.2) is 42.5 Å². The van der Waals surface area contributed by atoms with Crippen molar-refractivity contribution in [3.8, 4) is 0 Å². The van der Waals surface area contributed by atoms with E-state index in [1.807, 2.05) is 6.92 Å². The number of ether oxygens (including phenoxy) is 7. The van der Waals surface area contributed by atoms with Gasteiger partial charge in [0.15, 0.2) is 18.9 Å². The van der Waals surface area contributed by atoms with E-state index in [2.05, 4.69) is 42.5 Å². The average molecular weight is 685 g/mol. The molecule has 276 valence electrons. The van der Waals surface area contributed by atoms with E-state index in [-0.39, 0.29) is 43.2 Å². The van der Waals surface area contributed by atoms with Gasteiger partial charge in [-0.3, -0.25) is 4.79 Å². The predicted octanol–water partition coefficient (Wildman–Crippen LogP) is 8.84. The number of esters is 1. The summed E-state index contributed by atoms with van der Waals surface area (Å²) in [7, 11) is 0. The standard InChI is InChI=1S/C41H64O8/c1-2-27-43-38(42)19-9-4-3-8-18-34-35(26-25-33(47-39-20-10-13-28-44-39)24-23-32-16-6-5-7-17-32)37(49-41-22-12-15-30-46-41)31-36(34)48-40-21-11-14-29-45-40/h3,5-8,16-17,33-37,39-41H,2,4,9-15,18-31H2,1H3/b8-3-/t33-,34+,35+,36-,37+,39?,40?,41?/m0/s1. The smallest absolute Gasteiger partial charge is 0.305 e. The highest BCUT2D eigenvalue weighted by Crippen LogP contribution is 2.44. The molecule has 3 saturated heterocycles. The Hall–Kier alpha value is -1.81. The summed E-state index contributed by atoms with van der Waals surface area (Å²) in [4.78, 5) is 12.0. The van der Waals surface area contributed by atoms with Crippen LogP contribution in [0.3, 0.4) is 0 Å². The minimum Gasteiger partial charge on any atom is -0.466 e. The van der Waals surface area contributed by atoms with Crippen LogP contribution in [0, 0.1) is 11.8 Å². The fraction of sp³-hybridized carbons (Fsp3) is 0.780. The van der Waals surface area contributed by atoms with Crippen molar-refractivity contribution in [3.05, 3.63) is 48.0 Å². The molecule has 4 fully saturated rings. The minimum atomic E-state index is -0.143. The molecule has 0 bridgehead atoms. The van der Waals surface area contributed by atoms with E-state index in [0.717, 1.165) is 135 Å². The molecular weight excluding hydrogens is 620 g/mol. The lowest BCUT2D eigenvalue weighted by Crippen LogP contribution is -2.33. The Morgan fingerprint density at radius 1 is 0.816 bits per heavy atom. The molecule has 0 N–H and O–H groups in total. The second kappa shape index (κ2) is 22.2. The molecule has 3 heterocycles. The summed E-state index contributed by atoms with van der Waals surface area (Å²) < 4.78 is 43.9. The Balaban J connectivity index is 1.27. The third-order valence-electron chi connectivity index (χ3n) is 10.6. The molecule has 1 aliphatic carbocycles. The Morgan fingerprint density at radius 2 is 1.47 bits per heavy atom. The maximum Gasteiger partial charge on any atom is 0.305 e. The maximum absolute atomic E-state index is 12.0. The van der Waals surface area contributed by atoms with Crippen molar-refractivity contribution in [2.75, 3.05) is 26.4 Å². The van der Waals surface area contributed by atoms with E-state index in [0.29, 0.717) is 24.9 Å². The Morgan fingerprint density at radius 3 is 2.10 bits per heavy atom. The van der Waals surface area contributed by atoms with E-state index < -0.39 is 0 Å². The van der Waals surface area contributed by atoms with Crippen LogP contribution in [0.1, 0.15) is 128 Å². The first-order chi connectivity index (χ1) is 24.2. The van der Waals surface area contributed by atoms with Crippen molar-refractivity contribution < 1.29 is 38.0 Å². The van der Waals surface area contributed by atoms with Crippen LogP contribution in [0.4, 0.5) is 0 Å². The number of allylic oxidation sites excluding steroid dienone is 2. The highest BCUT2D eigenvalue weighted by atomic mass is 16.7. The van der Waals surface area contributed by atoms with Crippen LogP contribution in [0.25, 0.3) is 0 Å². The van der Waals surface area contributed by atoms with Crippen molar-refractivity contribution in [2.24, 2.45) is 11.8 Å². The molecule has 0 radical (unpaired) electrons. The molecule has 1 saturated carbocycles. The maximum atomic E-state index is 12.0. The number of carbonyl (C=O) groups excluding carboxylic acids is 1. The fourth-order valence-electron chi connectivity index (χ4n) is 7.88. The molecule has 8 atom stereocenters. The fourth-order valence-corrected chi connectivity index (χ4v) is 7.88. The van der Waals surface area contributed by atoms with Gasteiger partial charge in [0.2, 0.25) is 0 Å². The molecule has 3 aliphatic heterocycles. The van der Waals surface area contributed by atoms with E-state index in [1.165, 1.54) is 5.56 Å². The van der Waals surface area contributed by atoms with Gasteiger partial charge in [-0.2, -0.15) is 0 Å². The number of benzene rings is 1. The quantitative estimate of drug-likeness (QED) is 0.0766. The van der Waals surface area contributed by atoms with Gasteiger partial charge in [-0.25, -0.2) is 0 Å². The van der Waals surface area contributed by atoms with Gasteiger partial charge in [0.05, 0.1) is 24.9 Å². The van der Waals surface area contributed by atoms with Gasteiger partial charge in [-0.1, -0.05) is 49.4 Å². The van der Waals surface area contributed by atoms with Crippen molar-refractivity contribution in [2.45, 2.75) is 166 Å². The van der Waals surface area contributed by atoms with E-state index >= 15 is 0 Å². The first kappa shape index (κ1) is 38.4. The molecule has 4 aliphatic rings. The lowest BCUT2D eigenvalue weighted by atomic mass is 9.85. The number of hydrogen-bond acceptors (Lipinski definition) is 8. The summed E-state index contributed by atoms with van der Waals surface area (Å²) >= 11 is 0. The molecular formula is C41H64O8. The molecule has 1 aromatic carbocycles. The SMILES string of the molecule is CCCOC(=O)CCC/C=C\C[C@@H]1[C@@H](CC[C@H](CCc2ccccc2)OC2CCCCO2)[C@H](OC2CCCCO2)C[C@@H]1OC1CCCCO1. The number of rotatable bonds is 20. The molecule has 8 heteroatoms. The summed E-state index contributed by atoms with van der Waals surface area (Å²) in [6, 6.07) is 10.7. The Labute approximate surface area is 295 Å². The van der Waals surface area contributed by atoms with Crippen molar-refractivity contribution in [1.29, 1.82) is 0 Å². The first-order valence-electron chi connectivity index (χ1n) is 19.8. The zero-order valence-electron chi connectivity index (χ0n) is 30.2. The van der Waals surface area contributed by atoms with Gasteiger partial charge < -0.3 is 33.2 Å². The zero-order valence-corrected chi connectivity index (χ0v) is 30.2. The van der Waals surface area contributed by atoms with Gasteiger partial charge in [0.1, 0.15) is 0 Å². The molecule has 0 spiro atoms. The van der Waals surface area contributed by atoms with Crippen LogP contribution in [0.5, 0.6) is 0 Å². The van der Waals surface area contributed by atoms with Gasteiger partial charge in [0, 0.05) is 32.7 Å². The van der Waals surface area contributed by atoms with Crippen LogP contribution >= 0.6 is 0 Å². The summed E-state index contributed by atoms with van der Waals surface area (Å²) in [5.41, 5.74) is 1.35. The molecule has 8 nitrogen and oxygen atoms in total. The van der Waals surface area contributed by atoms with E-state index in [4.69, 9.17) is 33.2 Å². The lowest BCUT2D eigenvalue weighted by Gasteiger charge is -2.33. The minimum absolute atomic E-state index is 0.0562. The van der Waals surface area contributed by atoms with Crippen molar-refractivity contribution in [3.63, 3.8) is 0 Å². The molecule has 3 unspecified atom stereocenters. The molecule has 0 amide bonds.